The van der Waals surface area contributed by atoms with E-state index >= 15 is 0 Å². The maximum atomic E-state index is 7.63. The highest BCUT2D eigenvalue weighted by molar-refractivity contribution is 5.34. The lowest BCUT2D eigenvalue weighted by atomic mass is 9.95. The van der Waals surface area contributed by atoms with Crippen molar-refractivity contribution in [3.05, 3.63) is 324 Å². The molecule has 0 spiro atoms. The highest BCUT2D eigenvalue weighted by Gasteiger charge is 2.54. The molecule has 0 aromatic heterocycles. The van der Waals surface area contributed by atoms with E-state index in [9.17, 15) is 0 Å². The van der Waals surface area contributed by atoms with Gasteiger partial charge in [-0.2, -0.15) is 0 Å². The summed E-state index contributed by atoms with van der Waals surface area (Å²) in [6, 6.07) is 88.1. The average Bonchev–Trinajstić information content (AvgIpc) is 3.36. The van der Waals surface area contributed by atoms with E-state index in [0.29, 0.717) is 18.1 Å². The molecular weight excluding hydrogens is 1100 g/mol. The Morgan fingerprint density at radius 3 is 1.10 bits per heavy atom. The second-order valence-electron chi connectivity index (χ2n) is 21.7. The van der Waals surface area contributed by atoms with Gasteiger partial charge in [-0.3, -0.25) is 0 Å². The first-order valence-corrected chi connectivity index (χ1v) is 30.1. The smallest absolute Gasteiger partial charge is 0.229 e. The van der Waals surface area contributed by atoms with E-state index in [1.807, 2.05) is 218 Å². The second-order valence-corrected chi connectivity index (χ2v) is 21.7. The number of hydrogen-bond donors (Lipinski definition) is 0. The summed E-state index contributed by atoms with van der Waals surface area (Å²) in [5.74, 6) is 1.18. The normalized spacial score (nSPS) is 21.9. The van der Waals surface area contributed by atoms with Gasteiger partial charge in [-0.25, -0.2) is 0 Å². The van der Waals surface area contributed by atoms with Crippen molar-refractivity contribution in [2.45, 2.75) is 100 Å². The van der Waals surface area contributed by atoms with Gasteiger partial charge in [0.05, 0.1) is 53.4 Å². The molecule has 11 rings (SSSR count). The van der Waals surface area contributed by atoms with E-state index in [0.717, 1.165) is 44.5 Å². The minimum atomic E-state index is -1.14. The van der Waals surface area contributed by atoms with Crippen LogP contribution in [-0.2, 0) is 73.8 Å². The number of benzene rings is 9. The maximum absolute atomic E-state index is 7.63. The van der Waals surface area contributed by atoms with Crippen molar-refractivity contribution in [2.24, 2.45) is 0 Å². The molecule has 2 heterocycles. The summed E-state index contributed by atoms with van der Waals surface area (Å²) >= 11 is 0. The van der Waals surface area contributed by atoms with Crippen LogP contribution >= 0.6 is 0 Å². The third kappa shape index (κ3) is 16.7. The largest absolute Gasteiger partial charge is 0.497 e. The van der Waals surface area contributed by atoms with Crippen LogP contribution in [0.2, 0.25) is 0 Å². The molecule has 0 saturated carbocycles. The Hall–Kier alpha value is -8.08. The first-order valence-electron chi connectivity index (χ1n) is 30.1. The van der Waals surface area contributed by atoms with E-state index in [2.05, 4.69) is 55.1 Å². The minimum Gasteiger partial charge on any atom is -0.497 e. The van der Waals surface area contributed by atoms with Gasteiger partial charge < -0.3 is 56.8 Å². The summed E-state index contributed by atoms with van der Waals surface area (Å²) in [7, 11) is 1.63. The van der Waals surface area contributed by atoms with Crippen LogP contribution in [0, 0.1) is 0 Å². The molecule has 9 aromatic carbocycles. The van der Waals surface area contributed by atoms with E-state index in [4.69, 9.17) is 56.8 Å². The number of rotatable bonds is 30. The van der Waals surface area contributed by atoms with Gasteiger partial charge in [-0.1, -0.05) is 249 Å². The van der Waals surface area contributed by atoms with Crippen LogP contribution in [0.15, 0.2) is 280 Å². The molecule has 9 aromatic rings. The van der Waals surface area contributed by atoms with E-state index in [1.165, 1.54) is 0 Å². The maximum Gasteiger partial charge on any atom is 0.229 e. The Morgan fingerprint density at radius 1 is 0.352 bits per heavy atom. The third-order valence-corrected chi connectivity index (χ3v) is 15.6. The zero-order valence-corrected chi connectivity index (χ0v) is 49.5. The predicted molar refractivity (Wildman–Crippen MR) is 337 cm³/mol. The van der Waals surface area contributed by atoms with E-state index in [1.54, 1.807) is 13.2 Å². The first-order chi connectivity index (χ1) is 43.6. The molecule has 0 bridgehead atoms. The molecule has 2 aliphatic heterocycles. The fourth-order valence-corrected chi connectivity index (χ4v) is 11.2. The molecule has 2 fully saturated rings. The highest BCUT2D eigenvalue weighted by atomic mass is 16.8. The predicted octanol–water partition coefficient (Wildman–Crippen LogP) is 14.4. The molecule has 0 N–H and O–H groups in total. The Kier molecular flexibility index (Phi) is 22.6. The van der Waals surface area contributed by atoms with Crippen molar-refractivity contribution in [3.8, 4) is 11.5 Å². The van der Waals surface area contributed by atoms with Crippen molar-refractivity contribution >= 4 is 0 Å². The molecular formula is C76H76O12. The Labute approximate surface area is 517 Å². The first kappa shape index (κ1) is 61.6. The van der Waals surface area contributed by atoms with Gasteiger partial charge >= 0.3 is 0 Å². The topological polar surface area (TPSA) is 111 Å². The molecule has 2 saturated heterocycles. The van der Waals surface area contributed by atoms with Crippen molar-refractivity contribution in [2.75, 3.05) is 26.9 Å². The van der Waals surface area contributed by atoms with Crippen molar-refractivity contribution in [3.63, 3.8) is 0 Å². The highest BCUT2D eigenvalue weighted by Crippen LogP contribution is 2.40. The SMILES string of the molecule is C=CCO[C@@H]1[C@H](OC(c2ccccc2)c2ccccc2)[C@@H](Oc2ccc(OC)cc2)O[C@H](CO[C@@H]2O[C@H](COCc3ccccc3)[C@@H](OCc3ccccc3)[C@H](OCc3ccccc3)[C@@H]2OC(c2ccccc2)c2ccccc2)[C@H]1OCc1ccccc1. The van der Waals surface area contributed by atoms with Crippen LogP contribution in [0.1, 0.15) is 56.7 Å². The molecule has 452 valence electrons. The summed E-state index contributed by atoms with van der Waals surface area (Å²) < 4.78 is 84.9. The number of hydrogen-bond acceptors (Lipinski definition) is 12. The summed E-state index contributed by atoms with van der Waals surface area (Å²) in [5.41, 5.74) is 7.59. The van der Waals surface area contributed by atoms with Crippen molar-refractivity contribution < 1.29 is 56.8 Å². The zero-order valence-electron chi connectivity index (χ0n) is 49.5. The van der Waals surface area contributed by atoms with Gasteiger partial charge in [-0.15, -0.1) is 6.58 Å². The molecule has 0 unspecified atom stereocenters. The molecule has 0 aliphatic carbocycles. The Bertz CT molecular complexity index is 3310. The van der Waals surface area contributed by atoms with Gasteiger partial charge in [0, 0.05) is 0 Å². The van der Waals surface area contributed by atoms with Crippen LogP contribution in [0.3, 0.4) is 0 Å². The van der Waals surface area contributed by atoms with E-state index < -0.39 is 73.6 Å². The quantitative estimate of drug-likeness (QED) is 0.0400. The van der Waals surface area contributed by atoms with Crippen LogP contribution in [0.25, 0.3) is 0 Å². The lowest BCUT2D eigenvalue weighted by molar-refractivity contribution is -0.348. The van der Waals surface area contributed by atoms with Gasteiger partial charge in [-0.05, 0) is 68.8 Å². The van der Waals surface area contributed by atoms with Gasteiger partial charge in [0.25, 0.3) is 0 Å². The molecule has 12 heteroatoms. The average molecular weight is 1180 g/mol. The number of methoxy groups -OCH3 is 1. The summed E-state index contributed by atoms with van der Waals surface area (Å²) in [6.07, 6.45) is -8.53. The molecule has 2 aliphatic rings. The third-order valence-electron chi connectivity index (χ3n) is 15.6. The number of ether oxygens (including phenoxy) is 12. The van der Waals surface area contributed by atoms with Crippen LogP contribution < -0.4 is 9.47 Å². The van der Waals surface area contributed by atoms with Crippen LogP contribution in [0.4, 0.5) is 0 Å². The zero-order chi connectivity index (χ0) is 60.0. The Balaban J connectivity index is 1.01. The lowest BCUT2D eigenvalue weighted by Crippen LogP contribution is -2.64. The monoisotopic (exact) mass is 1180 g/mol. The molecule has 0 radical (unpaired) electrons. The molecule has 0 amide bonds. The second kappa shape index (κ2) is 32.2. The summed E-state index contributed by atoms with van der Waals surface area (Å²) in [4.78, 5) is 0. The molecule has 12 nitrogen and oxygen atoms in total. The van der Waals surface area contributed by atoms with Gasteiger partial charge in [0.2, 0.25) is 6.29 Å². The van der Waals surface area contributed by atoms with Crippen molar-refractivity contribution in [1.82, 2.24) is 0 Å². The standard InChI is InChI=1S/C76H76O12/c1-3-48-79-71-70(81-51-57-32-16-6-17-33-57)66(86-76(84-64-46-44-63(77-2)45-47-64)74(71)88-68(61-40-24-10-25-41-61)62-42-26-11-27-43-62)54-83-75-73(87-67(59-36-20-8-21-37-59)60-38-22-9-23-39-60)72(82-52-58-34-18-7-19-35-58)69(80-50-56-30-14-5-15-31-56)65(85-75)53-78-49-55-28-12-4-13-29-55/h3-47,65-76H,1,48-54H2,2H3/t65-,66-,69-,70-,71+,72+,73+,74+,75-,76+/m1/s1. The van der Waals surface area contributed by atoms with Crippen molar-refractivity contribution in [1.29, 1.82) is 0 Å². The fourth-order valence-electron chi connectivity index (χ4n) is 11.2. The van der Waals surface area contributed by atoms with E-state index in [-0.39, 0.29) is 39.6 Å². The summed E-state index contributed by atoms with van der Waals surface area (Å²) in [6.45, 7) is 5.26. The molecule has 88 heavy (non-hydrogen) atoms. The Morgan fingerprint density at radius 2 is 0.693 bits per heavy atom. The minimum absolute atomic E-state index is 0.117. The van der Waals surface area contributed by atoms with Gasteiger partial charge in [0.1, 0.15) is 72.5 Å². The van der Waals surface area contributed by atoms with Gasteiger partial charge in [0.15, 0.2) is 6.29 Å². The fraction of sp³-hybridized carbons (Fsp3) is 0.263. The molecule has 10 atom stereocenters. The van der Waals surface area contributed by atoms with Crippen LogP contribution in [0.5, 0.6) is 11.5 Å². The lowest BCUT2D eigenvalue weighted by Gasteiger charge is -2.48. The summed E-state index contributed by atoms with van der Waals surface area (Å²) in [5, 5.41) is 0. The van der Waals surface area contributed by atoms with Crippen LogP contribution in [-0.4, -0.2) is 88.3 Å².